The summed E-state index contributed by atoms with van der Waals surface area (Å²) >= 11 is 0. The van der Waals surface area contributed by atoms with Crippen LogP contribution in [0.2, 0.25) is 0 Å². The summed E-state index contributed by atoms with van der Waals surface area (Å²) in [5.41, 5.74) is 3.25. The maximum absolute atomic E-state index is 6.03. The van der Waals surface area contributed by atoms with E-state index in [0.717, 1.165) is 22.2 Å². The number of nitrogens with zero attached hydrogens (tertiary/aromatic N) is 2. The first-order chi connectivity index (χ1) is 11.4. The van der Waals surface area contributed by atoms with Gasteiger partial charge in [-0.05, 0) is 45.1 Å². The molecule has 0 radical (unpaired) electrons. The van der Waals surface area contributed by atoms with Crippen molar-refractivity contribution in [3.05, 3.63) is 71.5 Å². The number of hydrogen-bond acceptors (Lipinski definition) is 4. The first-order valence-corrected chi connectivity index (χ1v) is 9.00. The highest BCUT2D eigenvalue weighted by Crippen LogP contribution is 2.66. The van der Waals surface area contributed by atoms with E-state index < -0.39 is 10.0 Å². The number of hydrogen-bond donors (Lipinski definition) is 0. The van der Waals surface area contributed by atoms with Crippen molar-refractivity contribution in [3.8, 4) is 0 Å². The molecule has 1 aliphatic rings. The summed E-state index contributed by atoms with van der Waals surface area (Å²) in [6.45, 7) is 0. The van der Waals surface area contributed by atoms with E-state index in [2.05, 4.69) is 20.8 Å². The molecule has 2 aromatic heterocycles. The SMILES string of the molecule is C1=CS(c2nc3ccccc3o2)(c2nc3ccccc3o2)C=C1. The second kappa shape index (κ2) is 4.60. The molecule has 5 rings (SSSR count). The molecule has 0 bridgehead atoms. The predicted octanol–water partition coefficient (Wildman–Crippen LogP) is 5.23. The van der Waals surface area contributed by atoms with Crippen molar-refractivity contribution >= 4 is 32.2 Å². The Hall–Kier alpha value is -2.79. The summed E-state index contributed by atoms with van der Waals surface area (Å²) in [6, 6.07) is 15.5. The lowest BCUT2D eigenvalue weighted by molar-refractivity contribution is 0.459. The zero-order valence-electron chi connectivity index (χ0n) is 12.0. The van der Waals surface area contributed by atoms with Crippen molar-refractivity contribution in [1.29, 1.82) is 0 Å². The van der Waals surface area contributed by atoms with E-state index in [-0.39, 0.29) is 0 Å². The third-order valence-corrected chi connectivity index (χ3v) is 6.50. The number of rotatable bonds is 2. The van der Waals surface area contributed by atoms with Crippen molar-refractivity contribution in [2.45, 2.75) is 10.4 Å². The Morgan fingerprint density at radius 3 is 1.61 bits per heavy atom. The van der Waals surface area contributed by atoms with Crippen LogP contribution in [0.3, 0.4) is 0 Å². The summed E-state index contributed by atoms with van der Waals surface area (Å²) in [6.07, 6.45) is 4.00. The Balaban J connectivity index is 1.77. The van der Waals surface area contributed by atoms with Crippen molar-refractivity contribution in [2.75, 3.05) is 0 Å². The molecule has 0 amide bonds. The smallest absolute Gasteiger partial charge is 0.254 e. The third-order valence-electron chi connectivity index (χ3n) is 3.82. The highest BCUT2D eigenvalue weighted by atomic mass is 32.3. The van der Waals surface area contributed by atoms with E-state index in [1.807, 2.05) is 60.7 Å². The van der Waals surface area contributed by atoms with E-state index in [9.17, 15) is 0 Å². The molecule has 0 saturated carbocycles. The van der Waals surface area contributed by atoms with Crippen LogP contribution >= 0.6 is 10.0 Å². The lowest BCUT2D eigenvalue weighted by Gasteiger charge is -2.22. The Morgan fingerprint density at radius 1 is 0.652 bits per heavy atom. The van der Waals surface area contributed by atoms with Crippen LogP contribution in [0.4, 0.5) is 0 Å². The second-order valence-electron chi connectivity index (χ2n) is 5.26. The molecular formula is C18H12N2O2S. The van der Waals surface area contributed by atoms with Crippen molar-refractivity contribution in [2.24, 2.45) is 0 Å². The molecule has 5 heteroatoms. The average molecular weight is 320 g/mol. The molecule has 3 heterocycles. The molecule has 4 aromatic rings. The highest BCUT2D eigenvalue weighted by molar-refractivity contribution is 8.38. The molecule has 23 heavy (non-hydrogen) atoms. The van der Waals surface area contributed by atoms with Crippen LogP contribution in [-0.2, 0) is 0 Å². The predicted molar refractivity (Wildman–Crippen MR) is 90.4 cm³/mol. The Morgan fingerprint density at radius 2 is 1.13 bits per heavy atom. The van der Waals surface area contributed by atoms with E-state index in [4.69, 9.17) is 8.83 Å². The standard InChI is InChI=1S/C18H12N2O2S/c1-3-9-15-13(7-1)19-17(21-15)23(11-5-6-12-23)18-20-14-8-2-4-10-16(14)22-18/h1-12H. The Kier molecular flexibility index (Phi) is 2.55. The van der Waals surface area contributed by atoms with E-state index in [1.165, 1.54) is 0 Å². The van der Waals surface area contributed by atoms with Gasteiger partial charge in [0.2, 0.25) is 0 Å². The van der Waals surface area contributed by atoms with Crippen LogP contribution in [-0.4, -0.2) is 9.97 Å². The topological polar surface area (TPSA) is 52.1 Å². The first kappa shape index (κ1) is 12.7. The van der Waals surface area contributed by atoms with Crippen molar-refractivity contribution < 1.29 is 8.83 Å². The molecule has 0 aliphatic carbocycles. The largest absolute Gasteiger partial charge is 0.432 e. The summed E-state index contributed by atoms with van der Waals surface area (Å²) in [5, 5.41) is 5.47. The fourth-order valence-electron chi connectivity index (χ4n) is 2.68. The van der Waals surface area contributed by atoms with E-state index in [1.54, 1.807) is 0 Å². The zero-order chi connectivity index (χ0) is 15.3. The lowest BCUT2D eigenvalue weighted by Crippen LogP contribution is -1.94. The molecule has 1 aliphatic heterocycles. The quantitative estimate of drug-likeness (QED) is 0.507. The molecule has 2 aromatic carbocycles. The van der Waals surface area contributed by atoms with Gasteiger partial charge in [-0.3, -0.25) is 0 Å². The van der Waals surface area contributed by atoms with Crippen LogP contribution in [0.1, 0.15) is 0 Å². The van der Waals surface area contributed by atoms with Gasteiger partial charge < -0.3 is 8.83 Å². The molecule has 0 N–H and O–H groups in total. The van der Waals surface area contributed by atoms with Gasteiger partial charge in [0.05, 0.1) is 0 Å². The molecule has 0 unspecified atom stereocenters. The summed E-state index contributed by atoms with van der Waals surface area (Å²) in [5.74, 6) is 0. The van der Waals surface area contributed by atoms with Gasteiger partial charge in [-0.15, -0.1) is 0 Å². The van der Waals surface area contributed by atoms with Gasteiger partial charge in [-0.2, -0.15) is 0 Å². The minimum Gasteiger partial charge on any atom is -0.432 e. The summed E-state index contributed by atoms with van der Waals surface area (Å²) < 4.78 is 12.1. The monoisotopic (exact) mass is 320 g/mol. The zero-order valence-corrected chi connectivity index (χ0v) is 12.9. The average Bonchev–Trinajstić information content (AvgIpc) is 3.31. The number of benzene rings is 2. The van der Waals surface area contributed by atoms with Gasteiger partial charge in [-0.1, -0.05) is 36.4 Å². The Bertz CT molecular complexity index is 937. The number of fused-ring (bicyclic) bond motifs is 2. The molecule has 0 spiro atoms. The Labute approximate surface area is 133 Å². The lowest BCUT2D eigenvalue weighted by atomic mass is 10.3. The molecule has 0 atom stereocenters. The number of oxazole rings is 2. The fourth-order valence-corrected chi connectivity index (χ4v) is 5.02. The van der Waals surface area contributed by atoms with Gasteiger partial charge in [0.15, 0.2) is 11.2 Å². The molecule has 0 fully saturated rings. The molecule has 4 nitrogen and oxygen atoms in total. The van der Waals surface area contributed by atoms with Gasteiger partial charge in [0.25, 0.3) is 10.4 Å². The van der Waals surface area contributed by atoms with Crippen LogP contribution in [0.25, 0.3) is 22.2 Å². The number of aromatic nitrogens is 2. The minimum absolute atomic E-state index is 0.648. The molecular weight excluding hydrogens is 308 g/mol. The van der Waals surface area contributed by atoms with Gasteiger partial charge in [0, 0.05) is 0 Å². The third kappa shape index (κ3) is 1.80. The highest BCUT2D eigenvalue weighted by Gasteiger charge is 2.35. The first-order valence-electron chi connectivity index (χ1n) is 7.25. The fraction of sp³-hybridized carbons (Fsp3) is 0. The molecule has 0 saturated heterocycles. The maximum atomic E-state index is 6.03. The van der Waals surface area contributed by atoms with Crippen LogP contribution in [0.5, 0.6) is 0 Å². The second-order valence-corrected chi connectivity index (χ2v) is 7.92. The van der Waals surface area contributed by atoms with Crippen molar-refractivity contribution in [3.63, 3.8) is 0 Å². The van der Waals surface area contributed by atoms with Gasteiger partial charge >= 0.3 is 0 Å². The van der Waals surface area contributed by atoms with Crippen LogP contribution < -0.4 is 0 Å². The molecule has 112 valence electrons. The minimum atomic E-state index is -1.76. The normalized spacial score (nSPS) is 17.2. The van der Waals surface area contributed by atoms with E-state index in [0.29, 0.717) is 10.4 Å². The number of para-hydroxylation sites is 4. The number of allylic oxidation sites excluding steroid dienone is 2. The van der Waals surface area contributed by atoms with Crippen LogP contribution in [0.15, 0.2) is 90.8 Å². The maximum Gasteiger partial charge on any atom is 0.254 e. The van der Waals surface area contributed by atoms with Gasteiger partial charge in [-0.25, -0.2) is 9.97 Å². The summed E-state index contributed by atoms with van der Waals surface area (Å²) in [7, 11) is -1.76. The van der Waals surface area contributed by atoms with E-state index >= 15 is 0 Å². The van der Waals surface area contributed by atoms with Gasteiger partial charge in [0.1, 0.15) is 11.0 Å². The van der Waals surface area contributed by atoms with Crippen molar-refractivity contribution in [1.82, 2.24) is 9.97 Å². The summed E-state index contributed by atoms with van der Waals surface area (Å²) in [4.78, 5) is 9.36. The van der Waals surface area contributed by atoms with Crippen LogP contribution in [0, 0.1) is 0 Å².